The number of nitrogen functional groups attached to an aromatic ring is 1. The Labute approximate surface area is 135 Å². The molecule has 0 bridgehead atoms. The summed E-state index contributed by atoms with van der Waals surface area (Å²) in [6.45, 7) is 3.55. The zero-order chi connectivity index (χ0) is 16.1. The van der Waals surface area contributed by atoms with E-state index in [1.54, 1.807) is 7.11 Å². The maximum Gasteiger partial charge on any atom is 0.142 e. The number of fused-ring (bicyclic) bond motifs is 1. The SMILES string of the molecule is COc1cc2c(N)ncnc2cc1NCCCC1CNCCO1. The smallest absolute Gasteiger partial charge is 0.142 e. The minimum absolute atomic E-state index is 0.316. The number of ether oxygens (including phenoxy) is 2. The van der Waals surface area contributed by atoms with Gasteiger partial charge in [0.2, 0.25) is 0 Å². The van der Waals surface area contributed by atoms with Crippen molar-refractivity contribution in [2.24, 2.45) is 0 Å². The van der Waals surface area contributed by atoms with Gasteiger partial charge in [-0.25, -0.2) is 9.97 Å². The first-order valence-corrected chi connectivity index (χ1v) is 7.92. The van der Waals surface area contributed by atoms with E-state index in [0.29, 0.717) is 11.9 Å². The van der Waals surface area contributed by atoms with Crippen molar-refractivity contribution in [1.29, 1.82) is 0 Å². The van der Waals surface area contributed by atoms with Crippen LogP contribution < -0.4 is 21.1 Å². The Kier molecular flexibility index (Phi) is 5.09. The first kappa shape index (κ1) is 15.8. The lowest BCUT2D eigenvalue weighted by molar-refractivity contribution is 0.0230. The monoisotopic (exact) mass is 317 g/mol. The molecule has 3 rings (SSSR count). The molecule has 0 radical (unpaired) electrons. The molecule has 1 aromatic heterocycles. The maximum atomic E-state index is 5.89. The largest absolute Gasteiger partial charge is 0.495 e. The second-order valence-electron chi connectivity index (χ2n) is 5.59. The number of rotatable bonds is 6. The standard InChI is InChI=1S/C16H23N5O2/c1-22-15-7-12-13(20-10-21-16(12)17)8-14(15)19-4-2-3-11-9-18-5-6-23-11/h7-8,10-11,18-19H,2-6,9H2,1H3,(H2,17,20,21). The van der Waals surface area contributed by atoms with E-state index in [0.717, 1.165) is 61.4 Å². The number of nitrogens with zero attached hydrogens (tertiary/aromatic N) is 2. The number of morpholine rings is 1. The molecule has 1 saturated heterocycles. The third kappa shape index (κ3) is 3.80. The molecular weight excluding hydrogens is 294 g/mol. The Morgan fingerprint density at radius 1 is 1.43 bits per heavy atom. The van der Waals surface area contributed by atoms with Crippen LogP contribution >= 0.6 is 0 Å². The van der Waals surface area contributed by atoms with Crippen LogP contribution in [0.3, 0.4) is 0 Å². The van der Waals surface area contributed by atoms with Crippen LogP contribution in [0.2, 0.25) is 0 Å². The summed E-state index contributed by atoms with van der Waals surface area (Å²) in [6.07, 6.45) is 3.85. The van der Waals surface area contributed by atoms with Gasteiger partial charge in [-0.3, -0.25) is 0 Å². The highest BCUT2D eigenvalue weighted by Gasteiger charge is 2.13. The molecule has 1 fully saturated rings. The molecule has 0 amide bonds. The van der Waals surface area contributed by atoms with Crippen LogP contribution in [-0.4, -0.2) is 49.4 Å². The summed E-state index contributed by atoms with van der Waals surface area (Å²) in [7, 11) is 1.65. The van der Waals surface area contributed by atoms with E-state index in [-0.39, 0.29) is 0 Å². The van der Waals surface area contributed by atoms with Gasteiger partial charge in [0, 0.05) is 25.0 Å². The molecule has 7 nitrogen and oxygen atoms in total. The third-order valence-electron chi connectivity index (χ3n) is 4.01. The van der Waals surface area contributed by atoms with Gasteiger partial charge in [0.1, 0.15) is 17.9 Å². The van der Waals surface area contributed by atoms with Crippen molar-refractivity contribution in [2.45, 2.75) is 18.9 Å². The molecule has 4 N–H and O–H groups in total. The van der Waals surface area contributed by atoms with Crippen molar-refractivity contribution in [1.82, 2.24) is 15.3 Å². The van der Waals surface area contributed by atoms with Crippen LogP contribution in [0.1, 0.15) is 12.8 Å². The summed E-state index contributed by atoms with van der Waals surface area (Å²) in [6, 6.07) is 3.83. The number of hydrogen-bond donors (Lipinski definition) is 3. The lowest BCUT2D eigenvalue weighted by Gasteiger charge is -2.23. The number of methoxy groups -OCH3 is 1. The Morgan fingerprint density at radius 2 is 2.35 bits per heavy atom. The van der Waals surface area contributed by atoms with Gasteiger partial charge in [0.05, 0.1) is 31.0 Å². The minimum Gasteiger partial charge on any atom is -0.495 e. The number of nitrogens with one attached hydrogen (secondary N) is 2. The zero-order valence-electron chi connectivity index (χ0n) is 13.3. The Balaban J connectivity index is 1.62. The molecular formula is C16H23N5O2. The second-order valence-corrected chi connectivity index (χ2v) is 5.59. The molecule has 7 heteroatoms. The second kappa shape index (κ2) is 7.43. The van der Waals surface area contributed by atoms with Crippen LogP contribution in [-0.2, 0) is 4.74 Å². The Bertz CT molecular complexity index is 658. The molecule has 2 heterocycles. The normalized spacial score (nSPS) is 18.0. The average Bonchev–Trinajstić information content (AvgIpc) is 2.59. The molecule has 1 aliphatic heterocycles. The van der Waals surface area contributed by atoms with Crippen molar-refractivity contribution in [3.8, 4) is 5.75 Å². The van der Waals surface area contributed by atoms with Crippen molar-refractivity contribution in [3.63, 3.8) is 0 Å². The van der Waals surface area contributed by atoms with Crippen LogP contribution in [0.15, 0.2) is 18.5 Å². The van der Waals surface area contributed by atoms with Gasteiger partial charge in [-0.15, -0.1) is 0 Å². The van der Waals surface area contributed by atoms with E-state index in [4.69, 9.17) is 15.2 Å². The quantitative estimate of drug-likeness (QED) is 0.693. The van der Waals surface area contributed by atoms with Crippen LogP contribution in [0.4, 0.5) is 11.5 Å². The van der Waals surface area contributed by atoms with Crippen molar-refractivity contribution in [3.05, 3.63) is 18.5 Å². The Hall–Kier alpha value is -2.12. The highest BCUT2D eigenvalue weighted by atomic mass is 16.5. The predicted octanol–water partition coefficient (Wildman–Crippen LogP) is 1.40. The number of anilines is 2. The van der Waals surface area contributed by atoms with Crippen molar-refractivity contribution in [2.75, 3.05) is 44.4 Å². The average molecular weight is 317 g/mol. The zero-order valence-corrected chi connectivity index (χ0v) is 13.3. The lowest BCUT2D eigenvalue weighted by Crippen LogP contribution is -2.38. The van der Waals surface area contributed by atoms with E-state index in [1.165, 1.54) is 6.33 Å². The van der Waals surface area contributed by atoms with Crippen LogP contribution in [0, 0.1) is 0 Å². The van der Waals surface area contributed by atoms with Crippen molar-refractivity contribution >= 4 is 22.4 Å². The fraction of sp³-hybridized carbons (Fsp3) is 0.500. The fourth-order valence-corrected chi connectivity index (χ4v) is 2.77. The minimum atomic E-state index is 0.316. The molecule has 1 aliphatic rings. The van der Waals surface area contributed by atoms with E-state index in [2.05, 4.69) is 20.6 Å². The van der Waals surface area contributed by atoms with Gasteiger partial charge >= 0.3 is 0 Å². The van der Waals surface area contributed by atoms with Crippen LogP contribution in [0.25, 0.3) is 10.9 Å². The first-order valence-electron chi connectivity index (χ1n) is 7.92. The van der Waals surface area contributed by atoms with E-state index in [1.807, 2.05) is 12.1 Å². The van der Waals surface area contributed by atoms with E-state index >= 15 is 0 Å². The summed E-state index contributed by atoms with van der Waals surface area (Å²) in [5, 5.41) is 7.56. The van der Waals surface area contributed by atoms with Gasteiger partial charge in [0.25, 0.3) is 0 Å². The van der Waals surface area contributed by atoms with E-state index < -0.39 is 0 Å². The maximum absolute atomic E-state index is 5.89. The molecule has 1 aromatic carbocycles. The topological polar surface area (TPSA) is 94.3 Å². The van der Waals surface area contributed by atoms with Gasteiger partial charge in [0.15, 0.2) is 0 Å². The van der Waals surface area contributed by atoms with Gasteiger partial charge < -0.3 is 25.8 Å². The highest BCUT2D eigenvalue weighted by molar-refractivity contribution is 5.92. The lowest BCUT2D eigenvalue weighted by atomic mass is 10.1. The summed E-state index contributed by atoms with van der Waals surface area (Å²) < 4.78 is 11.1. The molecule has 0 saturated carbocycles. The van der Waals surface area contributed by atoms with Gasteiger partial charge in [-0.1, -0.05) is 0 Å². The molecule has 2 aromatic rings. The predicted molar refractivity (Wildman–Crippen MR) is 90.8 cm³/mol. The van der Waals surface area contributed by atoms with Crippen LogP contribution in [0.5, 0.6) is 5.75 Å². The summed E-state index contributed by atoms with van der Waals surface area (Å²) in [5.41, 5.74) is 7.61. The van der Waals surface area contributed by atoms with Crippen molar-refractivity contribution < 1.29 is 9.47 Å². The fourth-order valence-electron chi connectivity index (χ4n) is 2.77. The summed E-state index contributed by atoms with van der Waals surface area (Å²) >= 11 is 0. The molecule has 124 valence electrons. The highest BCUT2D eigenvalue weighted by Crippen LogP contribution is 2.31. The number of hydrogen-bond acceptors (Lipinski definition) is 7. The molecule has 23 heavy (non-hydrogen) atoms. The summed E-state index contributed by atoms with van der Waals surface area (Å²) in [5.74, 6) is 1.20. The van der Waals surface area contributed by atoms with Gasteiger partial charge in [-0.2, -0.15) is 0 Å². The number of benzene rings is 1. The van der Waals surface area contributed by atoms with Gasteiger partial charge in [-0.05, 0) is 25.0 Å². The number of aromatic nitrogens is 2. The third-order valence-corrected chi connectivity index (χ3v) is 4.01. The molecule has 1 atom stereocenters. The summed E-state index contributed by atoms with van der Waals surface area (Å²) in [4.78, 5) is 8.28. The molecule has 0 spiro atoms. The molecule has 0 aliphatic carbocycles. The van der Waals surface area contributed by atoms with E-state index in [9.17, 15) is 0 Å². The molecule has 1 unspecified atom stereocenters. The number of nitrogens with two attached hydrogens (primary N) is 1. The first-order chi connectivity index (χ1) is 11.3. The Morgan fingerprint density at radius 3 is 3.13 bits per heavy atom.